The lowest BCUT2D eigenvalue weighted by Gasteiger charge is -2.32. The van der Waals surface area contributed by atoms with Crippen molar-refractivity contribution in [1.29, 1.82) is 0 Å². The number of carbonyl (C=O) groups excluding carboxylic acids is 3. The highest BCUT2D eigenvalue weighted by Gasteiger charge is 2.21. The molecule has 1 saturated heterocycles. The van der Waals surface area contributed by atoms with Gasteiger partial charge >= 0.3 is 0 Å². The maximum absolute atomic E-state index is 12.5. The highest BCUT2D eigenvalue weighted by Crippen LogP contribution is 2.17. The Morgan fingerprint density at radius 3 is 2.46 bits per heavy atom. The van der Waals surface area contributed by atoms with Crippen LogP contribution in [0.1, 0.15) is 27.6 Å². The first-order chi connectivity index (χ1) is 12.6. The van der Waals surface area contributed by atoms with Crippen molar-refractivity contribution in [3.05, 3.63) is 53.7 Å². The van der Waals surface area contributed by atoms with E-state index in [1.165, 1.54) is 13.1 Å². The molecule has 26 heavy (non-hydrogen) atoms. The third-order valence-corrected chi connectivity index (χ3v) is 4.30. The zero-order valence-electron chi connectivity index (χ0n) is 14.5. The SMILES string of the molecule is CC(=O)c1cccc(Nc2ccc(C(=O)N3CCN(C=O)CC3)cn2)c1. The molecule has 0 saturated carbocycles. The van der Waals surface area contributed by atoms with Crippen LogP contribution in [0, 0.1) is 0 Å². The normalized spacial score (nSPS) is 14.0. The molecular formula is C19H20N4O3. The van der Waals surface area contributed by atoms with Gasteiger partial charge in [0.1, 0.15) is 5.82 Å². The van der Waals surface area contributed by atoms with E-state index in [2.05, 4.69) is 10.3 Å². The van der Waals surface area contributed by atoms with Crippen LogP contribution in [0.2, 0.25) is 0 Å². The molecule has 1 aromatic carbocycles. The van der Waals surface area contributed by atoms with Crippen LogP contribution in [0.15, 0.2) is 42.6 Å². The summed E-state index contributed by atoms with van der Waals surface area (Å²) in [5.74, 6) is 0.499. The molecule has 0 bridgehead atoms. The molecule has 0 atom stereocenters. The first kappa shape index (κ1) is 17.6. The second-order valence-electron chi connectivity index (χ2n) is 6.13. The van der Waals surface area contributed by atoms with Crippen LogP contribution in [0.3, 0.4) is 0 Å². The van der Waals surface area contributed by atoms with Crippen LogP contribution < -0.4 is 5.32 Å². The number of piperazine rings is 1. The predicted molar refractivity (Wildman–Crippen MR) is 97.5 cm³/mol. The number of pyridine rings is 1. The molecule has 1 N–H and O–H groups in total. The number of aromatic nitrogens is 1. The van der Waals surface area contributed by atoms with Crippen LogP contribution in [0.4, 0.5) is 11.5 Å². The number of nitrogens with zero attached hydrogens (tertiary/aromatic N) is 3. The lowest BCUT2D eigenvalue weighted by Crippen LogP contribution is -2.48. The lowest BCUT2D eigenvalue weighted by atomic mass is 10.1. The van der Waals surface area contributed by atoms with Gasteiger partial charge in [0.25, 0.3) is 5.91 Å². The molecule has 1 aliphatic rings. The topological polar surface area (TPSA) is 82.6 Å². The van der Waals surface area contributed by atoms with E-state index in [9.17, 15) is 14.4 Å². The van der Waals surface area contributed by atoms with Gasteiger partial charge in [-0.1, -0.05) is 12.1 Å². The second-order valence-corrected chi connectivity index (χ2v) is 6.13. The van der Waals surface area contributed by atoms with Gasteiger partial charge in [0.15, 0.2) is 5.78 Å². The fourth-order valence-corrected chi connectivity index (χ4v) is 2.77. The van der Waals surface area contributed by atoms with Crippen LogP contribution in [-0.2, 0) is 4.79 Å². The number of hydrogen-bond acceptors (Lipinski definition) is 5. The molecule has 7 heteroatoms. The van der Waals surface area contributed by atoms with Crippen molar-refractivity contribution >= 4 is 29.6 Å². The van der Waals surface area contributed by atoms with E-state index < -0.39 is 0 Å². The van der Waals surface area contributed by atoms with E-state index in [-0.39, 0.29) is 11.7 Å². The third kappa shape index (κ3) is 4.05. The maximum atomic E-state index is 12.5. The number of hydrogen-bond donors (Lipinski definition) is 1. The Labute approximate surface area is 151 Å². The summed E-state index contributed by atoms with van der Waals surface area (Å²) in [5, 5.41) is 3.12. The van der Waals surface area contributed by atoms with Crippen LogP contribution in [-0.4, -0.2) is 59.1 Å². The quantitative estimate of drug-likeness (QED) is 0.657. The van der Waals surface area contributed by atoms with Crippen molar-refractivity contribution in [3.8, 4) is 0 Å². The summed E-state index contributed by atoms with van der Waals surface area (Å²) < 4.78 is 0. The summed E-state index contributed by atoms with van der Waals surface area (Å²) in [4.78, 5) is 42.4. The number of carbonyl (C=O) groups is 3. The van der Waals surface area contributed by atoms with E-state index >= 15 is 0 Å². The minimum Gasteiger partial charge on any atom is -0.342 e. The molecule has 0 radical (unpaired) electrons. The number of amides is 2. The largest absolute Gasteiger partial charge is 0.342 e. The Morgan fingerprint density at radius 2 is 1.85 bits per heavy atom. The monoisotopic (exact) mass is 352 g/mol. The van der Waals surface area contributed by atoms with E-state index in [0.29, 0.717) is 43.1 Å². The van der Waals surface area contributed by atoms with Crippen molar-refractivity contribution in [2.45, 2.75) is 6.92 Å². The Bertz CT molecular complexity index is 812. The lowest BCUT2D eigenvalue weighted by molar-refractivity contribution is -0.119. The number of benzene rings is 1. The van der Waals surface area contributed by atoms with Gasteiger partial charge in [-0.15, -0.1) is 0 Å². The van der Waals surface area contributed by atoms with Crippen molar-refractivity contribution in [1.82, 2.24) is 14.8 Å². The van der Waals surface area contributed by atoms with Crippen LogP contribution in [0.25, 0.3) is 0 Å². The minimum atomic E-state index is -0.0897. The first-order valence-corrected chi connectivity index (χ1v) is 8.39. The predicted octanol–water partition coefficient (Wildman–Crippen LogP) is 1.94. The number of Topliss-reactive ketones (excluding diaryl/α,β-unsaturated/α-hetero) is 1. The summed E-state index contributed by atoms with van der Waals surface area (Å²) >= 11 is 0. The highest BCUT2D eigenvalue weighted by atomic mass is 16.2. The Balaban J connectivity index is 1.65. The number of rotatable bonds is 5. The molecular weight excluding hydrogens is 332 g/mol. The molecule has 2 amide bonds. The second kappa shape index (κ2) is 7.77. The average Bonchev–Trinajstić information content (AvgIpc) is 2.68. The first-order valence-electron chi connectivity index (χ1n) is 8.39. The third-order valence-electron chi connectivity index (χ3n) is 4.30. The zero-order chi connectivity index (χ0) is 18.5. The Kier molecular flexibility index (Phi) is 5.26. The van der Waals surface area contributed by atoms with Crippen LogP contribution >= 0.6 is 0 Å². The average molecular weight is 352 g/mol. The Morgan fingerprint density at radius 1 is 1.08 bits per heavy atom. The summed E-state index contributed by atoms with van der Waals surface area (Å²) in [5.41, 5.74) is 1.89. The molecule has 0 spiro atoms. The van der Waals surface area contributed by atoms with Gasteiger partial charge in [0, 0.05) is 43.6 Å². The maximum Gasteiger partial charge on any atom is 0.255 e. The molecule has 1 aliphatic heterocycles. The molecule has 134 valence electrons. The van der Waals surface area contributed by atoms with Gasteiger partial charge in [-0.05, 0) is 31.2 Å². The summed E-state index contributed by atoms with van der Waals surface area (Å²) in [7, 11) is 0. The molecule has 3 rings (SSSR count). The van der Waals surface area contributed by atoms with Gasteiger partial charge in [0.05, 0.1) is 5.56 Å². The highest BCUT2D eigenvalue weighted by molar-refractivity contribution is 5.95. The van der Waals surface area contributed by atoms with Gasteiger partial charge in [0.2, 0.25) is 6.41 Å². The molecule has 7 nitrogen and oxygen atoms in total. The number of nitrogens with one attached hydrogen (secondary N) is 1. The van der Waals surface area contributed by atoms with Crippen LogP contribution in [0.5, 0.6) is 0 Å². The summed E-state index contributed by atoms with van der Waals surface area (Å²) in [6, 6.07) is 10.6. The molecule has 0 aliphatic carbocycles. The number of anilines is 2. The number of ketones is 1. The van der Waals surface area contributed by atoms with E-state index in [1.54, 1.807) is 40.1 Å². The van der Waals surface area contributed by atoms with Crippen molar-refractivity contribution in [2.24, 2.45) is 0 Å². The minimum absolute atomic E-state index is 0.00256. The van der Waals surface area contributed by atoms with Gasteiger partial charge in [-0.25, -0.2) is 4.98 Å². The fourth-order valence-electron chi connectivity index (χ4n) is 2.77. The fraction of sp³-hybridized carbons (Fsp3) is 0.263. The smallest absolute Gasteiger partial charge is 0.255 e. The Hall–Kier alpha value is -3.22. The van der Waals surface area contributed by atoms with E-state index in [1.807, 2.05) is 6.07 Å². The standard InChI is InChI=1S/C19H20N4O3/c1-14(25)15-3-2-4-17(11-15)21-18-6-5-16(12-20-18)19(26)23-9-7-22(13-24)8-10-23/h2-6,11-13H,7-10H2,1H3,(H,20,21). The van der Waals surface area contributed by atoms with Crippen molar-refractivity contribution in [2.75, 3.05) is 31.5 Å². The molecule has 0 unspecified atom stereocenters. The summed E-state index contributed by atoms with van der Waals surface area (Å²) in [6.45, 7) is 3.67. The summed E-state index contributed by atoms with van der Waals surface area (Å²) in [6.07, 6.45) is 2.34. The van der Waals surface area contributed by atoms with Crippen molar-refractivity contribution in [3.63, 3.8) is 0 Å². The molecule has 2 heterocycles. The van der Waals surface area contributed by atoms with E-state index in [4.69, 9.17) is 0 Å². The van der Waals surface area contributed by atoms with Gasteiger partial charge < -0.3 is 15.1 Å². The van der Waals surface area contributed by atoms with Gasteiger partial charge in [-0.2, -0.15) is 0 Å². The molecule has 2 aromatic rings. The zero-order valence-corrected chi connectivity index (χ0v) is 14.5. The molecule has 1 fully saturated rings. The van der Waals surface area contributed by atoms with E-state index in [0.717, 1.165) is 12.1 Å². The molecule has 1 aromatic heterocycles. The van der Waals surface area contributed by atoms with Gasteiger partial charge in [-0.3, -0.25) is 14.4 Å². The van der Waals surface area contributed by atoms with Crippen molar-refractivity contribution < 1.29 is 14.4 Å².